The van der Waals surface area contributed by atoms with Gasteiger partial charge in [0, 0.05) is 5.69 Å². The molecule has 0 fully saturated rings. The van der Waals surface area contributed by atoms with E-state index in [0.717, 1.165) is 29.5 Å². The van der Waals surface area contributed by atoms with Gasteiger partial charge >= 0.3 is 6.18 Å². The number of halogens is 3. The van der Waals surface area contributed by atoms with Crippen LogP contribution in [0.4, 0.5) is 24.5 Å². The van der Waals surface area contributed by atoms with Crippen LogP contribution in [-0.2, 0) is 21.0 Å². The van der Waals surface area contributed by atoms with Gasteiger partial charge in [-0.15, -0.1) is 0 Å². The fraction of sp³-hybridized carbons (Fsp3) is 0.278. The molecule has 9 heteroatoms. The molecule has 146 valence electrons. The SMILES string of the molecule is Cc1cccc(C)c1NC(=O)CN(c1cccc(C(F)(F)F)c1)S(C)(=O)=O. The Hall–Kier alpha value is -2.55. The first kappa shape index (κ1) is 20.8. The smallest absolute Gasteiger partial charge is 0.324 e. The first-order valence-corrected chi connectivity index (χ1v) is 9.75. The molecule has 0 aliphatic rings. The molecule has 0 aliphatic heterocycles. The maximum Gasteiger partial charge on any atom is 0.416 e. The van der Waals surface area contributed by atoms with Crippen LogP contribution in [0.5, 0.6) is 0 Å². The van der Waals surface area contributed by atoms with Gasteiger partial charge in [0.05, 0.1) is 17.5 Å². The van der Waals surface area contributed by atoms with Gasteiger partial charge in [-0.1, -0.05) is 24.3 Å². The second kappa shape index (κ2) is 7.59. The number of nitrogens with zero attached hydrogens (tertiary/aromatic N) is 1. The second-order valence-corrected chi connectivity index (χ2v) is 8.04. The highest BCUT2D eigenvalue weighted by Crippen LogP contribution is 2.32. The normalized spacial score (nSPS) is 11.9. The largest absolute Gasteiger partial charge is 0.416 e. The lowest BCUT2D eigenvalue weighted by Gasteiger charge is -2.23. The molecule has 2 aromatic rings. The highest BCUT2D eigenvalue weighted by Gasteiger charge is 2.32. The minimum absolute atomic E-state index is 0.232. The third-order valence-corrected chi connectivity index (χ3v) is 5.04. The van der Waals surface area contributed by atoms with Crippen molar-refractivity contribution in [3.8, 4) is 0 Å². The van der Waals surface area contributed by atoms with Crippen LogP contribution in [0.2, 0.25) is 0 Å². The van der Waals surface area contributed by atoms with Crippen LogP contribution in [0.1, 0.15) is 16.7 Å². The number of sulfonamides is 1. The zero-order valence-electron chi connectivity index (χ0n) is 15.0. The van der Waals surface area contributed by atoms with Crippen molar-refractivity contribution in [3.63, 3.8) is 0 Å². The molecule has 0 unspecified atom stereocenters. The highest BCUT2D eigenvalue weighted by atomic mass is 32.2. The van der Waals surface area contributed by atoms with E-state index in [0.29, 0.717) is 16.1 Å². The van der Waals surface area contributed by atoms with Crippen molar-refractivity contribution < 1.29 is 26.4 Å². The zero-order valence-corrected chi connectivity index (χ0v) is 15.8. The van der Waals surface area contributed by atoms with Crippen molar-refractivity contribution >= 4 is 27.3 Å². The molecule has 27 heavy (non-hydrogen) atoms. The van der Waals surface area contributed by atoms with E-state index in [1.165, 1.54) is 6.07 Å². The number of aryl methyl sites for hydroxylation is 2. The fourth-order valence-electron chi connectivity index (χ4n) is 2.56. The van der Waals surface area contributed by atoms with Crippen molar-refractivity contribution in [1.82, 2.24) is 0 Å². The average molecular weight is 400 g/mol. The number of hydrogen-bond acceptors (Lipinski definition) is 3. The van der Waals surface area contributed by atoms with Crippen LogP contribution < -0.4 is 9.62 Å². The average Bonchev–Trinajstić information content (AvgIpc) is 2.54. The number of alkyl halides is 3. The molecular formula is C18H19F3N2O3S. The van der Waals surface area contributed by atoms with E-state index >= 15 is 0 Å². The fourth-order valence-corrected chi connectivity index (χ4v) is 3.41. The van der Waals surface area contributed by atoms with E-state index < -0.39 is 34.2 Å². The Labute approximate surface area is 155 Å². The minimum atomic E-state index is -4.63. The summed E-state index contributed by atoms with van der Waals surface area (Å²) in [5.74, 6) is -0.657. The summed E-state index contributed by atoms with van der Waals surface area (Å²) < 4.78 is 63.6. The van der Waals surface area contributed by atoms with Gasteiger partial charge in [0.1, 0.15) is 6.54 Å². The molecule has 0 radical (unpaired) electrons. The molecule has 0 heterocycles. The Morgan fingerprint density at radius 2 is 1.63 bits per heavy atom. The Morgan fingerprint density at radius 1 is 1.07 bits per heavy atom. The summed E-state index contributed by atoms with van der Waals surface area (Å²) in [6, 6.07) is 9.22. The van der Waals surface area contributed by atoms with Gasteiger partial charge in [0.2, 0.25) is 15.9 Å². The number of rotatable bonds is 5. The number of benzene rings is 2. The van der Waals surface area contributed by atoms with E-state index in [2.05, 4.69) is 5.32 Å². The quantitative estimate of drug-likeness (QED) is 0.832. The summed E-state index contributed by atoms with van der Waals surface area (Å²) >= 11 is 0. The van der Waals surface area contributed by atoms with Gasteiger partial charge in [-0.2, -0.15) is 13.2 Å². The standard InChI is InChI=1S/C18H19F3N2O3S/c1-12-6-4-7-13(2)17(12)22-16(24)11-23(27(3,25)26)15-9-5-8-14(10-15)18(19,20)21/h4-10H,11H2,1-3H3,(H,22,24). The molecule has 0 atom stereocenters. The molecule has 0 bridgehead atoms. The Balaban J connectivity index is 2.32. The molecule has 0 spiro atoms. The van der Waals surface area contributed by atoms with Crippen LogP contribution in [0.15, 0.2) is 42.5 Å². The zero-order chi connectivity index (χ0) is 20.4. The van der Waals surface area contributed by atoms with Gasteiger partial charge in [0.15, 0.2) is 0 Å². The summed E-state index contributed by atoms with van der Waals surface area (Å²) in [4.78, 5) is 12.4. The predicted octanol–water partition coefficient (Wildman–Crippen LogP) is 3.73. The third-order valence-electron chi connectivity index (χ3n) is 3.89. The number of carbonyl (C=O) groups is 1. The van der Waals surface area contributed by atoms with Crippen molar-refractivity contribution in [2.75, 3.05) is 22.4 Å². The second-order valence-electron chi connectivity index (χ2n) is 6.13. The first-order chi connectivity index (χ1) is 12.4. The van der Waals surface area contributed by atoms with Gasteiger partial charge < -0.3 is 5.32 Å². The number of hydrogen-bond donors (Lipinski definition) is 1. The lowest BCUT2D eigenvalue weighted by atomic mass is 10.1. The monoisotopic (exact) mass is 400 g/mol. The topological polar surface area (TPSA) is 66.5 Å². The summed E-state index contributed by atoms with van der Waals surface area (Å²) in [6.45, 7) is 2.92. The molecule has 0 saturated heterocycles. The van der Waals surface area contributed by atoms with Gasteiger partial charge in [-0.25, -0.2) is 8.42 Å². The first-order valence-electron chi connectivity index (χ1n) is 7.90. The van der Waals surface area contributed by atoms with Crippen molar-refractivity contribution in [2.45, 2.75) is 20.0 Å². The number of anilines is 2. The maximum absolute atomic E-state index is 12.9. The van der Waals surface area contributed by atoms with Crippen molar-refractivity contribution in [1.29, 1.82) is 0 Å². The summed E-state index contributed by atoms with van der Waals surface area (Å²) in [5.41, 5.74) is 0.884. The molecule has 5 nitrogen and oxygen atoms in total. The Morgan fingerprint density at radius 3 is 2.15 bits per heavy atom. The maximum atomic E-state index is 12.9. The molecule has 2 aromatic carbocycles. The molecule has 0 saturated carbocycles. The van der Waals surface area contributed by atoms with E-state index in [4.69, 9.17) is 0 Å². The number of nitrogens with one attached hydrogen (secondary N) is 1. The van der Waals surface area contributed by atoms with E-state index in [1.807, 2.05) is 6.07 Å². The third kappa shape index (κ3) is 5.22. The van der Waals surface area contributed by atoms with Crippen LogP contribution >= 0.6 is 0 Å². The summed E-state index contributed by atoms with van der Waals surface area (Å²) in [6.07, 6.45) is -3.79. The lowest BCUT2D eigenvalue weighted by molar-refractivity contribution is -0.137. The Kier molecular flexibility index (Phi) is 5.84. The Bertz CT molecular complexity index is 936. The van der Waals surface area contributed by atoms with Crippen LogP contribution in [0.25, 0.3) is 0 Å². The van der Waals surface area contributed by atoms with Crippen LogP contribution in [0, 0.1) is 13.8 Å². The van der Waals surface area contributed by atoms with Crippen LogP contribution in [0.3, 0.4) is 0 Å². The van der Waals surface area contributed by atoms with Crippen molar-refractivity contribution in [3.05, 3.63) is 59.2 Å². The molecule has 0 aromatic heterocycles. The van der Waals surface area contributed by atoms with E-state index in [-0.39, 0.29) is 5.69 Å². The summed E-state index contributed by atoms with van der Waals surface area (Å²) in [5, 5.41) is 2.63. The van der Waals surface area contributed by atoms with Gasteiger partial charge in [0.25, 0.3) is 0 Å². The lowest BCUT2D eigenvalue weighted by Crippen LogP contribution is -2.37. The number of para-hydroxylation sites is 1. The number of amides is 1. The molecule has 0 aliphatic carbocycles. The van der Waals surface area contributed by atoms with E-state index in [9.17, 15) is 26.4 Å². The summed E-state index contributed by atoms with van der Waals surface area (Å²) in [7, 11) is -3.98. The predicted molar refractivity (Wildman–Crippen MR) is 98.2 cm³/mol. The van der Waals surface area contributed by atoms with Gasteiger partial charge in [-0.05, 0) is 43.2 Å². The molecular weight excluding hydrogens is 381 g/mol. The molecule has 2 rings (SSSR count). The molecule has 1 amide bonds. The van der Waals surface area contributed by atoms with Crippen molar-refractivity contribution in [2.24, 2.45) is 0 Å². The van der Waals surface area contributed by atoms with Gasteiger partial charge in [-0.3, -0.25) is 9.10 Å². The molecule has 1 N–H and O–H groups in total. The minimum Gasteiger partial charge on any atom is -0.324 e. The van der Waals surface area contributed by atoms with E-state index in [1.54, 1.807) is 26.0 Å². The van der Waals surface area contributed by atoms with Crippen LogP contribution in [-0.4, -0.2) is 27.1 Å². The number of carbonyl (C=O) groups excluding carboxylic acids is 1. The highest BCUT2D eigenvalue weighted by molar-refractivity contribution is 7.92.